The number of anilines is 1. The normalized spacial score (nSPS) is 12.1. The molecule has 118 valence electrons. The van der Waals surface area contributed by atoms with Gasteiger partial charge in [-0.25, -0.2) is 4.98 Å². The van der Waals surface area contributed by atoms with E-state index in [9.17, 15) is 4.79 Å². The molecule has 2 aromatic carbocycles. The summed E-state index contributed by atoms with van der Waals surface area (Å²) in [6.07, 6.45) is -0.651. The largest absolute Gasteiger partial charge is 0.481 e. The summed E-state index contributed by atoms with van der Waals surface area (Å²) in [5.41, 5.74) is 2.04. The van der Waals surface area contributed by atoms with Crippen LogP contribution in [0.25, 0.3) is 10.2 Å². The molecule has 0 fully saturated rings. The first-order valence-electron chi connectivity index (χ1n) is 7.11. The van der Waals surface area contributed by atoms with E-state index in [1.807, 2.05) is 19.1 Å². The van der Waals surface area contributed by atoms with Crippen LogP contribution in [0.2, 0.25) is 5.02 Å². The van der Waals surface area contributed by atoms with Gasteiger partial charge < -0.3 is 4.74 Å². The number of aromatic nitrogens is 1. The zero-order valence-electron chi connectivity index (χ0n) is 12.7. The molecular weight excluding hydrogens is 332 g/mol. The number of aryl methyl sites for hydroxylation is 1. The number of carbonyl (C=O) groups is 1. The van der Waals surface area contributed by atoms with Crippen molar-refractivity contribution >= 4 is 44.2 Å². The highest BCUT2D eigenvalue weighted by Crippen LogP contribution is 2.27. The average Bonchev–Trinajstić information content (AvgIpc) is 2.88. The molecule has 0 unspecified atom stereocenters. The number of carbonyl (C=O) groups excluding carboxylic acids is 1. The van der Waals surface area contributed by atoms with Crippen molar-refractivity contribution in [3.63, 3.8) is 0 Å². The van der Waals surface area contributed by atoms with Gasteiger partial charge in [-0.2, -0.15) is 0 Å². The van der Waals surface area contributed by atoms with E-state index in [1.54, 1.807) is 31.2 Å². The molecule has 3 rings (SSSR count). The van der Waals surface area contributed by atoms with Crippen molar-refractivity contribution in [1.82, 2.24) is 4.98 Å². The molecule has 4 nitrogen and oxygen atoms in total. The van der Waals surface area contributed by atoms with E-state index in [0.29, 0.717) is 15.9 Å². The number of thiazole rings is 1. The molecule has 0 saturated carbocycles. The molecule has 1 aromatic heterocycles. The number of hydrogen-bond acceptors (Lipinski definition) is 4. The minimum Gasteiger partial charge on any atom is -0.481 e. The lowest BCUT2D eigenvalue weighted by molar-refractivity contribution is -0.122. The second-order valence-electron chi connectivity index (χ2n) is 5.20. The van der Waals surface area contributed by atoms with Gasteiger partial charge in [0.15, 0.2) is 11.2 Å². The number of fused-ring (bicyclic) bond motifs is 1. The Morgan fingerprint density at radius 3 is 2.91 bits per heavy atom. The van der Waals surface area contributed by atoms with Crippen LogP contribution in [0.1, 0.15) is 12.5 Å². The van der Waals surface area contributed by atoms with Gasteiger partial charge in [-0.15, -0.1) is 0 Å². The smallest absolute Gasteiger partial charge is 0.266 e. The topological polar surface area (TPSA) is 51.2 Å². The second-order valence-corrected chi connectivity index (χ2v) is 6.66. The van der Waals surface area contributed by atoms with Crippen LogP contribution in [0.5, 0.6) is 5.75 Å². The average molecular weight is 347 g/mol. The molecule has 0 aliphatic carbocycles. The summed E-state index contributed by atoms with van der Waals surface area (Å²) in [6.45, 7) is 3.71. The molecule has 0 aliphatic rings. The van der Waals surface area contributed by atoms with Crippen LogP contribution in [0, 0.1) is 6.92 Å². The standard InChI is InChI=1S/C17H15ClN2O2S/c1-10-6-7-14-15(8-10)23-17(19-14)20-16(21)11(2)22-13-5-3-4-12(18)9-13/h3-9,11H,1-2H3,(H,19,20,21)/t11-/m1/s1. The van der Waals surface area contributed by atoms with E-state index in [2.05, 4.69) is 16.4 Å². The van der Waals surface area contributed by atoms with Crippen molar-refractivity contribution in [3.05, 3.63) is 53.1 Å². The van der Waals surface area contributed by atoms with Crippen LogP contribution in [0.15, 0.2) is 42.5 Å². The highest BCUT2D eigenvalue weighted by Gasteiger charge is 2.17. The van der Waals surface area contributed by atoms with Crippen molar-refractivity contribution in [2.75, 3.05) is 5.32 Å². The third kappa shape index (κ3) is 3.81. The lowest BCUT2D eigenvalue weighted by Crippen LogP contribution is -2.30. The van der Waals surface area contributed by atoms with Crippen molar-refractivity contribution in [2.24, 2.45) is 0 Å². The quantitative estimate of drug-likeness (QED) is 0.747. The van der Waals surface area contributed by atoms with Gasteiger partial charge in [-0.3, -0.25) is 10.1 Å². The summed E-state index contributed by atoms with van der Waals surface area (Å²) in [7, 11) is 0. The predicted molar refractivity (Wildman–Crippen MR) is 94.5 cm³/mol. The molecule has 0 radical (unpaired) electrons. The fraction of sp³-hybridized carbons (Fsp3) is 0.176. The highest BCUT2D eigenvalue weighted by atomic mass is 35.5. The first-order valence-corrected chi connectivity index (χ1v) is 8.31. The minimum absolute atomic E-state index is 0.249. The van der Waals surface area contributed by atoms with E-state index < -0.39 is 6.10 Å². The lowest BCUT2D eigenvalue weighted by Gasteiger charge is -2.13. The van der Waals surface area contributed by atoms with Gasteiger partial charge in [-0.1, -0.05) is 35.1 Å². The molecule has 1 atom stereocenters. The minimum atomic E-state index is -0.651. The van der Waals surface area contributed by atoms with E-state index in [0.717, 1.165) is 15.8 Å². The summed E-state index contributed by atoms with van der Waals surface area (Å²) in [4.78, 5) is 16.7. The van der Waals surface area contributed by atoms with Crippen LogP contribution in [0.4, 0.5) is 5.13 Å². The number of halogens is 1. The summed E-state index contributed by atoms with van der Waals surface area (Å²) >= 11 is 7.35. The Bertz CT molecular complexity index is 863. The summed E-state index contributed by atoms with van der Waals surface area (Å²) in [6, 6.07) is 13.0. The number of benzene rings is 2. The Kier molecular flexibility index (Phi) is 4.50. The van der Waals surface area contributed by atoms with E-state index in [4.69, 9.17) is 16.3 Å². The number of amides is 1. The van der Waals surface area contributed by atoms with E-state index in [-0.39, 0.29) is 5.91 Å². The molecule has 0 saturated heterocycles. The number of ether oxygens (including phenoxy) is 1. The fourth-order valence-electron chi connectivity index (χ4n) is 2.09. The SMILES string of the molecule is Cc1ccc2nc(NC(=O)[C@@H](C)Oc3cccc(Cl)c3)sc2c1. The summed E-state index contributed by atoms with van der Waals surface area (Å²) in [5, 5.41) is 3.93. The van der Waals surface area contributed by atoms with Gasteiger partial charge in [0, 0.05) is 5.02 Å². The zero-order valence-corrected chi connectivity index (χ0v) is 14.2. The van der Waals surface area contributed by atoms with E-state index in [1.165, 1.54) is 11.3 Å². The van der Waals surface area contributed by atoms with Crippen LogP contribution in [0.3, 0.4) is 0 Å². The van der Waals surface area contributed by atoms with Crippen molar-refractivity contribution in [1.29, 1.82) is 0 Å². The molecule has 1 heterocycles. The number of nitrogens with one attached hydrogen (secondary N) is 1. The van der Waals surface area contributed by atoms with Gasteiger partial charge in [0.25, 0.3) is 5.91 Å². The monoisotopic (exact) mass is 346 g/mol. The maximum Gasteiger partial charge on any atom is 0.266 e. The number of rotatable bonds is 4. The molecular formula is C17H15ClN2O2S. The molecule has 6 heteroatoms. The predicted octanol–water partition coefficient (Wildman–Crippen LogP) is 4.66. The molecule has 3 aromatic rings. The Morgan fingerprint density at radius 1 is 1.30 bits per heavy atom. The van der Waals surface area contributed by atoms with Gasteiger partial charge in [0.2, 0.25) is 0 Å². The maximum absolute atomic E-state index is 12.2. The van der Waals surface area contributed by atoms with Gasteiger partial charge in [0.05, 0.1) is 10.2 Å². The van der Waals surface area contributed by atoms with Crippen LogP contribution >= 0.6 is 22.9 Å². The first-order chi connectivity index (χ1) is 11.0. The van der Waals surface area contributed by atoms with Crippen molar-refractivity contribution in [2.45, 2.75) is 20.0 Å². The lowest BCUT2D eigenvalue weighted by atomic mass is 10.2. The molecule has 1 N–H and O–H groups in total. The molecule has 0 bridgehead atoms. The Hall–Kier alpha value is -2.11. The summed E-state index contributed by atoms with van der Waals surface area (Å²) in [5.74, 6) is 0.306. The number of hydrogen-bond donors (Lipinski definition) is 1. The maximum atomic E-state index is 12.2. The van der Waals surface area contributed by atoms with Gasteiger partial charge in [0.1, 0.15) is 5.75 Å². The summed E-state index contributed by atoms with van der Waals surface area (Å²) < 4.78 is 6.65. The van der Waals surface area contributed by atoms with Gasteiger partial charge >= 0.3 is 0 Å². The van der Waals surface area contributed by atoms with Crippen LogP contribution in [-0.4, -0.2) is 17.0 Å². The Morgan fingerprint density at radius 2 is 2.13 bits per heavy atom. The zero-order chi connectivity index (χ0) is 16.4. The Balaban J connectivity index is 1.69. The van der Waals surface area contributed by atoms with Crippen molar-refractivity contribution < 1.29 is 9.53 Å². The molecule has 1 amide bonds. The first kappa shape index (κ1) is 15.8. The highest BCUT2D eigenvalue weighted by molar-refractivity contribution is 7.22. The second kappa shape index (κ2) is 6.56. The fourth-order valence-corrected chi connectivity index (χ4v) is 3.24. The van der Waals surface area contributed by atoms with Crippen molar-refractivity contribution in [3.8, 4) is 5.75 Å². The third-order valence-electron chi connectivity index (χ3n) is 3.25. The van der Waals surface area contributed by atoms with Gasteiger partial charge in [-0.05, 0) is 49.7 Å². The van der Waals surface area contributed by atoms with Crippen LogP contribution in [-0.2, 0) is 4.79 Å². The molecule has 0 spiro atoms. The van der Waals surface area contributed by atoms with E-state index >= 15 is 0 Å². The Labute approximate surface area is 143 Å². The molecule has 23 heavy (non-hydrogen) atoms. The van der Waals surface area contributed by atoms with Crippen LogP contribution < -0.4 is 10.1 Å². The third-order valence-corrected chi connectivity index (χ3v) is 4.42. The molecule has 0 aliphatic heterocycles. The number of nitrogens with zero attached hydrogens (tertiary/aromatic N) is 1.